The molecule has 106 valence electrons. The van der Waals surface area contributed by atoms with E-state index in [9.17, 15) is 9.00 Å². The summed E-state index contributed by atoms with van der Waals surface area (Å²) in [7, 11) is -0.846. The summed E-state index contributed by atoms with van der Waals surface area (Å²) >= 11 is 0. The van der Waals surface area contributed by atoms with E-state index in [0.717, 1.165) is 6.42 Å². The molecule has 1 rings (SSSR count). The molecule has 1 aromatic rings. The molecule has 1 aromatic carbocycles. The van der Waals surface area contributed by atoms with Crippen molar-refractivity contribution in [3.8, 4) is 0 Å². The Balaban J connectivity index is 2.23. The van der Waals surface area contributed by atoms with E-state index in [1.807, 2.05) is 37.3 Å². The number of carbonyl (C=O) groups excluding carboxylic acids is 1. The topological polar surface area (TPSA) is 72.2 Å². The molecule has 0 aromatic heterocycles. The number of rotatable bonds is 8. The molecule has 4 nitrogen and oxygen atoms in total. The zero-order valence-electron chi connectivity index (χ0n) is 11.3. The molecule has 0 aliphatic heterocycles. The summed E-state index contributed by atoms with van der Waals surface area (Å²) < 4.78 is 11.2. The Morgan fingerprint density at radius 3 is 2.68 bits per heavy atom. The Hall–Kier alpha value is -1.20. The highest BCUT2D eigenvalue weighted by Crippen LogP contribution is 2.03. The number of benzene rings is 1. The molecule has 5 heteroatoms. The predicted molar refractivity (Wildman–Crippen MR) is 79.3 cm³/mol. The summed E-state index contributed by atoms with van der Waals surface area (Å²) in [5.74, 6) is 0.952. The summed E-state index contributed by atoms with van der Waals surface area (Å²) in [5.41, 5.74) is 7.01. The van der Waals surface area contributed by atoms with Gasteiger partial charge in [-0.3, -0.25) is 9.00 Å². The lowest BCUT2D eigenvalue weighted by atomic mass is 10.1. The van der Waals surface area contributed by atoms with Crippen LogP contribution < -0.4 is 11.1 Å². The van der Waals surface area contributed by atoms with Crippen molar-refractivity contribution < 1.29 is 9.00 Å². The van der Waals surface area contributed by atoms with Gasteiger partial charge in [0.15, 0.2) is 0 Å². The third-order valence-electron chi connectivity index (χ3n) is 2.87. The molecule has 0 bridgehead atoms. The summed E-state index contributed by atoms with van der Waals surface area (Å²) in [5, 5.41) is 2.73. The van der Waals surface area contributed by atoms with Gasteiger partial charge in [-0.1, -0.05) is 37.3 Å². The second-order valence-corrected chi connectivity index (χ2v) is 6.22. The Bertz CT molecular complexity index is 409. The fourth-order valence-electron chi connectivity index (χ4n) is 1.66. The van der Waals surface area contributed by atoms with Gasteiger partial charge in [-0.2, -0.15) is 0 Å². The molecule has 0 aliphatic rings. The molecular formula is C14H22N2O2S. The highest BCUT2D eigenvalue weighted by Gasteiger charge is 2.12. The summed E-state index contributed by atoms with van der Waals surface area (Å²) in [6, 6.07) is 9.45. The van der Waals surface area contributed by atoms with Crippen molar-refractivity contribution in [3.63, 3.8) is 0 Å². The fraction of sp³-hybridized carbons (Fsp3) is 0.500. The lowest BCUT2D eigenvalue weighted by Gasteiger charge is -2.12. The Morgan fingerprint density at radius 1 is 1.37 bits per heavy atom. The van der Waals surface area contributed by atoms with E-state index in [0.29, 0.717) is 24.5 Å². The molecule has 1 amide bonds. The first kappa shape index (κ1) is 15.9. The number of hydrogen-bond acceptors (Lipinski definition) is 3. The maximum absolute atomic E-state index is 11.7. The van der Waals surface area contributed by atoms with Gasteiger partial charge in [0, 0.05) is 28.9 Å². The Labute approximate surface area is 117 Å². The van der Waals surface area contributed by atoms with Crippen molar-refractivity contribution >= 4 is 16.7 Å². The zero-order chi connectivity index (χ0) is 14.1. The SMILES string of the molecule is CCS(=O)CCNC(=O)[C@@H](N)CCc1ccccc1. The van der Waals surface area contributed by atoms with Crippen LogP contribution in [0.3, 0.4) is 0 Å². The number of hydrogen-bond donors (Lipinski definition) is 2. The number of amides is 1. The number of nitrogens with one attached hydrogen (secondary N) is 1. The van der Waals surface area contributed by atoms with Crippen molar-refractivity contribution in [1.29, 1.82) is 0 Å². The van der Waals surface area contributed by atoms with Crippen LogP contribution in [0.5, 0.6) is 0 Å². The molecule has 3 N–H and O–H groups in total. The van der Waals surface area contributed by atoms with Gasteiger partial charge in [-0.15, -0.1) is 0 Å². The molecule has 0 fully saturated rings. The van der Waals surface area contributed by atoms with Crippen molar-refractivity contribution in [2.75, 3.05) is 18.1 Å². The maximum atomic E-state index is 11.7. The van der Waals surface area contributed by atoms with E-state index in [1.54, 1.807) is 0 Å². The molecule has 0 heterocycles. The van der Waals surface area contributed by atoms with Crippen LogP contribution >= 0.6 is 0 Å². The second-order valence-electron chi connectivity index (χ2n) is 4.35. The van der Waals surface area contributed by atoms with Gasteiger partial charge in [0.25, 0.3) is 0 Å². The van der Waals surface area contributed by atoms with E-state index in [-0.39, 0.29) is 5.91 Å². The van der Waals surface area contributed by atoms with E-state index >= 15 is 0 Å². The third kappa shape index (κ3) is 6.50. The van der Waals surface area contributed by atoms with Crippen molar-refractivity contribution in [3.05, 3.63) is 35.9 Å². The fourth-order valence-corrected chi connectivity index (χ4v) is 2.28. The first-order chi connectivity index (χ1) is 9.13. The first-order valence-corrected chi connectivity index (χ1v) is 8.04. The molecule has 0 aliphatic carbocycles. The van der Waals surface area contributed by atoms with Gasteiger partial charge >= 0.3 is 0 Å². The molecule has 0 saturated carbocycles. The molecular weight excluding hydrogens is 260 g/mol. The van der Waals surface area contributed by atoms with Crippen LogP contribution in [0, 0.1) is 0 Å². The quantitative estimate of drug-likeness (QED) is 0.742. The standard InChI is InChI=1S/C14H22N2O2S/c1-2-19(18)11-10-16-14(17)13(15)9-8-12-6-4-3-5-7-12/h3-7,13H,2,8-11,15H2,1H3,(H,16,17)/t13-,19?/m0/s1. The van der Waals surface area contributed by atoms with Gasteiger partial charge in [0.2, 0.25) is 5.91 Å². The second kappa shape index (κ2) is 8.82. The summed E-state index contributed by atoms with van der Waals surface area (Å²) in [6.07, 6.45) is 1.41. The van der Waals surface area contributed by atoms with Crippen LogP contribution in [-0.2, 0) is 22.0 Å². The van der Waals surface area contributed by atoms with E-state index < -0.39 is 16.8 Å². The zero-order valence-corrected chi connectivity index (χ0v) is 12.1. The van der Waals surface area contributed by atoms with Crippen molar-refractivity contribution in [1.82, 2.24) is 5.32 Å². The Kier molecular flexibility index (Phi) is 7.36. The minimum absolute atomic E-state index is 0.163. The van der Waals surface area contributed by atoms with Crippen molar-refractivity contribution in [2.45, 2.75) is 25.8 Å². The molecule has 1 unspecified atom stereocenters. The van der Waals surface area contributed by atoms with Crippen LogP contribution in [0.25, 0.3) is 0 Å². The minimum Gasteiger partial charge on any atom is -0.354 e. The normalized spacial score (nSPS) is 13.8. The van der Waals surface area contributed by atoms with Gasteiger partial charge < -0.3 is 11.1 Å². The van der Waals surface area contributed by atoms with E-state index in [4.69, 9.17) is 5.73 Å². The molecule has 0 saturated heterocycles. The lowest BCUT2D eigenvalue weighted by Crippen LogP contribution is -2.42. The summed E-state index contributed by atoms with van der Waals surface area (Å²) in [4.78, 5) is 11.7. The molecule has 0 spiro atoms. The first-order valence-electron chi connectivity index (χ1n) is 6.55. The average Bonchev–Trinajstić information content (AvgIpc) is 2.45. The van der Waals surface area contributed by atoms with Crippen LogP contribution in [-0.4, -0.2) is 34.2 Å². The highest BCUT2D eigenvalue weighted by atomic mass is 32.2. The van der Waals surface area contributed by atoms with Gasteiger partial charge in [0.05, 0.1) is 6.04 Å². The molecule has 2 atom stereocenters. The smallest absolute Gasteiger partial charge is 0.236 e. The predicted octanol–water partition coefficient (Wildman–Crippen LogP) is 0.831. The maximum Gasteiger partial charge on any atom is 0.236 e. The largest absolute Gasteiger partial charge is 0.354 e. The Morgan fingerprint density at radius 2 is 2.05 bits per heavy atom. The van der Waals surface area contributed by atoms with Crippen LogP contribution in [0.2, 0.25) is 0 Å². The van der Waals surface area contributed by atoms with Crippen LogP contribution in [0.4, 0.5) is 0 Å². The number of nitrogens with two attached hydrogens (primary N) is 1. The molecule has 0 radical (unpaired) electrons. The van der Waals surface area contributed by atoms with Gasteiger partial charge in [-0.05, 0) is 18.4 Å². The van der Waals surface area contributed by atoms with Crippen LogP contribution in [0.1, 0.15) is 18.9 Å². The number of aryl methyl sites for hydroxylation is 1. The van der Waals surface area contributed by atoms with Crippen molar-refractivity contribution in [2.24, 2.45) is 5.73 Å². The monoisotopic (exact) mass is 282 g/mol. The van der Waals surface area contributed by atoms with Gasteiger partial charge in [0.1, 0.15) is 0 Å². The number of carbonyl (C=O) groups is 1. The summed E-state index contributed by atoms with van der Waals surface area (Å²) in [6.45, 7) is 2.29. The van der Waals surface area contributed by atoms with E-state index in [2.05, 4.69) is 5.32 Å². The van der Waals surface area contributed by atoms with E-state index in [1.165, 1.54) is 5.56 Å². The highest BCUT2D eigenvalue weighted by molar-refractivity contribution is 7.84. The van der Waals surface area contributed by atoms with Gasteiger partial charge in [-0.25, -0.2) is 0 Å². The third-order valence-corrected chi connectivity index (χ3v) is 4.18. The molecule has 19 heavy (non-hydrogen) atoms. The minimum atomic E-state index is -0.846. The average molecular weight is 282 g/mol. The lowest BCUT2D eigenvalue weighted by molar-refractivity contribution is -0.122. The van der Waals surface area contributed by atoms with Crippen LogP contribution in [0.15, 0.2) is 30.3 Å².